The van der Waals surface area contributed by atoms with Gasteiger partial charge >= 0.3 is 6.09 Å². The van der Waals surface area contributed by atoms with E-state index in [1.54, 1.807) is 6.92 Å². The molecule has 1 saturated carbocycles. The lowest BCUT2D eigenvalue weighted by atomic mass is 9.87. The fourth-order valence-corrected chi connectivity index (χ4v) is 2.02. The number of carbonyl (C=O) groups excluding carboxylic acids is 1. The minimum Gasteiger partial charge on any atom is -0.444 e. The summed E-state index contributed by atoms with van der Waals surface area (Å²) in [5.74, 6) is 1.23. The van der Waals surface area contributed by atoms with E-state index in [1.165, 1.54) is 0 Å². The first kappa shape index (κ1) is 14.8. The van der Waals surface area contributed by atoms with E-state index < -0.39 is 5.60 Å². The molecule has 0 aromatic carbocycles. The molecule has 0 saturated heterocycles. The Morgan fingerprint density at radius 1 is 1.40 bits per heavy atom. The minimum absolute atomic E-state index is 0.173. The van der Waals surface area contributed by atoms with Crippen molar-refractivity contribution in [3.63, 3.8) is 0 Å². The number of alkyl carbamates (subject to hydrolysis) is 1. The number of aromatic nitrogens is 2. The lowest BCUT2D eigenvalue weighted by Gasteiger charge is -2.36. The largest absolute Gasteiger partial charge is 0.444 e. The van der Waals surface area contributed by atoms with Gasteiger partial charge in [0.05, 0.1) is 6.54 Å². The van der Waals surface area contributed by atoms with Gasteiger partial charge in [-0.25, -0.2) is 4.79 Å². The molecule has 112 valence electrons. The normalized spacial score (nSPS) is 22.2. The van der Waals surface area contributed by atoms with Crippen LogP contribution in [0.2, 0.25) is 0 Å². The zero-order valence-electron chi connectivity index (χ0n) is 12.4. The van der Waals surface area contributed by atoms with Crippen LogP contribution in [-0.2, 0) is 11.3 Å². The van der Waals surface area contributed by atoms with Crippen molar-refractivity contribution in [3.8, 4) is 0 Å². The van der Waals surface area contributed by atoms with Crippen LogP contribution in [0.5, 0.6) is 0 Å². The maximum Gasteiger partial charge on any atom is 0.407 e. The fourth-order valence-electron chi connectivity index (χ4n) is 2.02. The molecule has 1 aromatic rings. The van der Waals surface area contributed by atoms with Crippen molar-refractivity contribution < 1.29 is 14.1 Å². The molecular weight excluding hydrogens is 260 g/mol. The molecule has 0 unspecified atom stereocenters. The van der Waals surface area contributed by atoms with Crippen LogP contribution in [0.25, 0.3) is 0 Å². The average Bonchev–Trinajstić information content (AvgIpc) is 2.64. The molecule has 0 radical (unpaired) electrons. The smallest absolute Gasteiger partial charge is 0.407 e. The molecule has 1 aromatic heterocycles. The van der Waals surface area contributed by atoms with E-state index in [-0.39, 0.29) is 12.1 Å². The third kappa shape index (κ3) is 4.48. The van der Waals surface area contributed by atoms with E-state index in [0.29, 0.717) is 24.3 Å². The molecule has 1 amide bonds. The van der Waals surface area contributed by atoms with Crippen molar-refractivity contribution in [1.82, 2.24) is 20.8 Å². The molecule has 2 N–H and O–H groups in total. The maximum absolute atomic E-state index is 11.6. The van der Waals surface area contributed by atoms with Gasteiger partial charge in [0.25, 0.3) is 0 Å². The van der Waals surface area contributed by atoms with Crippen molar-refractivity contribution in [3.05, 3.63) is 11.7 Å². The predicted molar refractivity (Wildman–Crippen MR) is 72.1 cm³/mol. The van der Waals surface area contributed by atoms with Crippen LogP contribution in [0.4, 0.5) is 4.79 Å². The highest BCUT2D eigenvalue weighted by atomic mass is 16.6. The molecule has 0 atom stereocenters. The summed E-state index contributed by atoms with van der Waals surface area (Å²) in [6.45, 7) is 7.90. The Morgan fingerprint density at radius 3 is 2.65 bits per heavy atom. The van der Waals surface area contributed by atoms with Gasteiger partial charge in [0.15, 0.2) is 5.82 Å². The molecule has 0 aliphatic heterocycles. The molecule has 20 heavy (non-hydrogen) atoms. The summed E-state index contributed by atoms with van der Waals surface area (Å²) >= 11 is 0. The molecule has 1 heterocycles. The SMILES string of the molecule is Cc1noc(CNC2CC(NC(=O)OC(C)(C)C)C2)n1. The van der Waals surface area contributed by atoms with Crippen LogP contribution in [0.15, 0.2) is 4.52 Å². The Hall–Kier alpha value is -1.63. The van der Waals surface area contributed by atoms with Crippen molar-refractivity contribution in [2.45, 2.75) is 64.8 Å². The molecule has 7 heteroatoms. The summed E-state index contributed by atoms with van der Waals surface area (Å²) < 4.78 is 10.2. The van der Waals surface area contributed by atoms with Crippen LogP contribution in [0.1, 0.15) is 45.3 Å². The summed E-state index contributed by atoms with van der Waals surface area (Å²) in [5.41, 5.74) is -0.457. The van der Waals surface area contributed by atoms with Crippen LogP contribution in [0, 0.1) is 6.92 Å². The van der Waals surface area contributed by atoms with Gasteiger partial charge in [-0.2, -0.15) is 4.98 Å². The summed E-state index contributed by atoms with van der Waals surface area (Å²) in [6, 6.07) is 0.536. The van der Waals surface area contributed by atoms with Gasteiger partial charge in [-0.15, -0.1) is 0 Å². The van der Waals surface area contributed by atoms with E-state index in [2.05, 4.69) is 20.8 Å². The van der Waals surface area contributed by atoms with Gasteiger partial charge in [0.2, 0.25) is 5.89 Å². The van der Waals surface area contributed by atoms with Crippen molar-refractivity contribution in [2.75, 3.05) is 0 Å². The first-order valence-electron chi connectivity index (χ1n) is 6.84. The predicted octanol–water partition coefficient (Wildman–Crippen LogP) is 1.52. The van der Waals surface area contributed by atoms with Gasteiger partial charge in [0, 0.05) is 12.1 Å². The van der Waals surface area contributed by atoms with E-state index >= 15 is 0 Å². The monoisotopic (exact) mass is 282 g/mol. The molecule has 0 bridgehead atoms. The Labute approximate surface area is 118 Å². The second-order valence-corrected chi connectivity index (χ2v) is 6.13. The van der Waals surface area contributed by atoms with Crippen LogP contribution < -0.4 is 10.6 Å². The second kappa shape index (κ2) is 5.78. The summed E-state index contributed by atoms with van der Waals surface area (Å²) in [6.07, 6.45) is 1.41. The van der Waals surface area contributed by atoms with Crippen molar-refractivity contribution >= 4 is 6.09 Å². The Morgan fingerprint density at radius 2 is 2.10 bits per heavy atom. The number of aryl methyl sites for hydroxylation is 1. The standard InChI is InChI=1S/C13H22N4O3/c1-8-15-11(20-17-8)7-14-9-5-10(6-9)16-12(18)19-13(2,3)4/h9-10,14H,5-7H2,1-4H3,(H,16,18). The molecule has 0 spiro atoms. The zero-order chi connectivity index (χ0) is 14.8. The highest BCUT2D eigenvalue weighted by molar-refractivity contribution is 5.68. The third-order valence-electron chi connectivity index (χ3n) is 2.97. The topological polar surface area (TPSA) is 89.3 Å². The molecule has 1 fully saturated rings. The lowest BCUT2D eigenvalue weighted by molar-refractivity contribution is 0.0464. The maximum atomic E-state index is 11.6. The molecule has 7 nitrogen and oxygen atoms in total. The number of hydrogen-bond donors (Lipinski definition) is 2. The Bertz CT molecular complexity index is 460. The molecule has 1 aliphatic carbocycles. The van der Waals surface area contributed by atoms with Gasteiger partial charge in [-0.3, -0.25) is 0 Å². The third-order valence-corrected chi connectivity index (χ3v) is 2.97. The summed E-state index contributed by atoms with van der Waals surface area (Å²) in [4.78, 5) is 15.7. The number of ether oxygens (including phenoxy) is 1. The zero-order valence-corrected chi connectivity index (χ0v) is 12.4. The van der Waals surface area contributed by atoms with Crippen molar-refractivity contribution in [2.24, 2.45) is 0 Å². The lowest BCUT2D eigenvalue weighted by Crippen LogP contribution is -2.53. The number of hydrogen-bond acceptors (Lipinski definition) is 6. The highest BCUT2D eigenvalue weighted by Gasteiger charge is 2.31. The van der Waals surface area contributed by atoms with Gasteiger partial charge < -0.3 is 19.9 Å². The first-order chi connectivity index (χ1) is 9.32. The Kier molecular flexibility index (Phi) is 4.27. The number of nitrogens with zero attached hydrogens (tertiary/aromatic N) is 2. The van der Waals surface area contributed by atoms with E-state index in [4.69, 9.17) is 9.26 Å². The number of rotatable bonds is 4. The molecule has 2 rings (SSSR count). The van der Waals surface area contributed by atoms with E-state index in [1.807, 2.05) is 20.8 Å². The number of carbonyl (C=O) groups is 1. The molecular formula is C13H22N4O3. The van der Waals surface area contributed by atoms with Gasteiger partial charge in [0.1, 0.15) is 5.60 Å². The first-order valence-corrected chi connectivity index (χ1v) is 6.84. The quantitative estimate of drug-likeness (QED) is 0.870. The van der Waals surface area contributed by atoms with E-state index in [0.717, 1.165) is 12.8 Å². The minimum atomic E-state index is -0.457. The summed E-state index contributed by atoms with van der Waals surface area (Å²) in [7, 11) is 0. The number of amides is 1. The van der Waals surface area contributed by atoms with Gasteiger partial charge in [-0.1, -0.05) is 5.16 Å². The highest BCUT2D eigenvalue weighted by Crippen LogP contribution is 2.21. The second-order valence-electron chi connectivity index (χ2n) is 6.13. The van der Waals surface area contributed by atoms with Crippen molar-refractivity contribution in [1.29, 1.82) is 0 Å². The van der Waals surface area contributed by atoms with Gasteiger partial charge in [-0.05, 0) is 40.5 Å². The van der Waals surface area contributed by atoms with Crippen LogP contribution in [-0.4, -0.2) is 33.9 Å². The average molecular weight is 282 g/mol. The number of nitrogens with one attached hydrogen (secondary N) is 2. The Balaban J connectivity index is 1.61. The van der Waals surface area contributed by atoms with Crippen LogP contribution >= 0.6 is 0 Å². The molecule has 1 aliphatic rings. The fraction of sp³-hybridized carbons (Fsp3) is 0.769. The summed E-state index contributed by atoms with van der Waals surface area (Å²) in [5, 5.41) is 9.89. The van der Waals surface area contributed by atoms with E-state index in [9.17, 15) is 4.79 Å². The van der Waals surface area contributed by atoms with Crippen LogP contribution in [0.3, 0.4) is 0 Å².